The summed E-state index contributed by atoms with van der Waals surface area (Å²) in [5.41, 5.74) is 7.45. The number of nitrogen functional groups attached to an aromatic ring is 1. The molecule has 0 bridgehead atoms. The molecule has 0 unspecified atom stereocenters. The Hall–Kier alpha value is -1.60. The van der Waals surface area contributed by atoms with Gasteiger partial charge in [-0.05, 0) is 65.2 Å². The highest BCUT2D eigenvalue weighted by molar-refractivity contribution is 9.10. The molecule has 3 N–H and O–H groups in total. The second kappa shape index (κ2) is 5.41. The van der Waals surface area contributed by atoms with Crippen LogP contribution in [0.4, 0.5) is 11.5 Å². The molecule has 0 fully saturated rings. The van der Waals surface area contributed by atoms with Crippen molar-refractivity contribution in [1.29, 1.82) is 0 Å². The average molecular weight is 356 g/mol. The average Bonchev–Trinajstić information content (AvgIpc) is 2.30. The van der Waals surface area contributed by atoms with Crippen molar-refractivity contribution in [1.82, 2.24) is 4.98 Å². The molecular weight excluding hydrogens is 342 g/mol. The van der Waals surface area contributed by atoms with E-state index in [-0.39, 0.29) is 10.7 Å². The van der Waals surface area contributed by atoms with E-state index in [4.69, 9.17) is 5.73 Å². The van der Waals surface area contributed by atoms with Crippen LogP contribution in [-0.2, 0) is 10.0 Å². The molecule has 0 saturated heterocycles. The predicted molar refractivity (Wildman–Crippen MR) is 83.1 cm³/mol. The Labute approximate surface area is 126 Å². The topological polar surface area (TPSA) is 85.1 Å². The van der Waals surface area contributed by atoms with Gasteiger partial charge in [-0.3, -0.25) is 4.72 Å². The van der Waals surface area contributed by atoms with Gasteiger partial charge in [-0.2, -0.15) is 0 Å². The van der Waals surface area contributed by atoms with Gasteiger partial charge in [0.2, 0.25) is 0 Å². The molecule has 1 heterocycles. The summed E-state index contributed by atoms with van der Waals surface area (Å²) in [6, 6.07) is 6.69. The maximum Gasteiger partial charge on any atom is 0.263 e. The maximum absolute atomic E-state index is 12.5. The minimum Gasteiger partial charge on any atom is -0.399 e. The minimum absolute atomic E-state index is 0.226. The third kappa shape index (κ3) is 2.94. The number of nitrogens with zero attached hydrogens (tertiary/aromatic N) is 1. The third-order valence-corrected chi connectivity index (χ3v) is 5.02. The van der Waals surface area contributed by atoms with Gasteiger partial charge in [-0.15, -0.1) is 0 Å². The van der Waals surface area contributed by atoms with Crippen molar-refractivity contribution in [2.45, 2.75) is 18.7 Å². The first-order chi connectivity index (χ1) is 9.31. The summed E-state index contributed by atoms with van der Waals surface area (Å²) < 4.78 is 28.0. The Morgan fingerprint density at radius 1 is 1.25 bits per heavy atom. The van der Waals surface area contributed by atoms with Crippen LogP contribution in [0.5, 0.6) is 0 Å². The quantitative estimate of drug-likeness (QED) is 0.829. The Morgan fingerprint density at radius 2 is 1.85 bits per heavy atom. The van der Waals surface area contributed by atoms with E-state index in [1.807, 2.05) is 0 Å². The molecule has 0 spiro atoms. The van der Waals surface area contributed by atoms with Gasteiger partial charge in [0.05, 0.1) is 9.37 Å². The fourth-order valence-electron chi connectivity index (χ4n) is 2.05. The number of hydrogen-bond acceptors (Lipinski definition) is 4. The van der Waals surface area contributed by atoms with Crippen molar-refractivity contribution in [2.24, 2.45) is 0 Å². The van der Waals surface area contributed by atoms with E-state index in [2.05, 4.69) is 25.6 Å². The lowest BCUT2D eigenvalue weighted by Crippen LogP contribution is -2.17. The van der Waals surface area contributed by atoms with Gasteiger partial charge in [0.15, 0.2) is 5.82 Å². The maximum atomic E-state index is 12.5. The fourth-order valence-corrected chi connectivity index (χ4v) is 4.02. The van der Waals surface area contributed by atoms with Gasteiger partial charge < -0.3 is 5.73 Å². The molecule has 1 aromatic heterocycles. The van der Waals surface area contributed by atoms with Crippen LogP contribution in [0.25, 0.3) is 0 Å². The number of pyridine rings is 1. The summed E-state index contributed by atoms with van der Waals surface area (Å²) in [5.74, 6) is 0.253. The lowest BCUT2D eigenvalue weighted by Gasteiger charge is -2.13. The number of sulfonamides is 1. The Kier molecular flexibility index (Phi) is 4.01. The summed E-state index contributed by atoms with van der Waals surface area (Å²) >= 11 is 3.26. The monoisotopic (exact) mass is 355 g/mol. The molecule has 0 saturated carbocycles. The molecule has 2 rings (SSSR count). The number of anilines is 2. The first-order valence-corrected chi connectivity index (χ1v) is 8.09. The number of hydrogen-bond donors (Lipinski definition) is 2. The van der Waals surface area contributed by atoms with E-state index in [1.165, 1.54) is 6.20 Å². The van der Waals surface area contributed by atoms with Crippen LogP contribution in [0.2, 0.25) is 0 Å². The van der Waals surface area contributed by atoms with Crippen molar-refractivity contribution >= 4 is 37.5 Å². The lowest BCUT2D eigenvalue weighted by molar-refractivity contribution is 0.600. The first-order valence-electron chi connectivity index (χ1n) is 5.81. The molecule has 2 aromatic rings. The second-order valence-electron chi connectivity index (χ2n) is 4.42. The Bertz CT molecular complexity index is 737. The van der Waals surface area contributed by atoms with Crippen molar-refractivity contribution in [3.05, 3.63) is 46.1 Å². The largest absolute Gasteiger partial charge is 0.399 e. The van der Waals surface area contributed by atoms with Gasteiger partial charge in [-0.1, -0.05) is 0 Å². The van der Waals surface area contributed by atoms with Gasteiger partial charge >= 0.3 is 0 Å². The van der Waals surface area contributed by atoms with Crippen molar-refractivity contribution in [2.75, 3.05) is 10.5 Å². The van der Waals surface area contributed by atoms with Crippen LogP contribution < -0.4 is 10.5 Å². The van der Waals surface area contributed by atoms with Gasteiger partial charge in [-0.25, -0.2) is 13.4 Å². The summed E-state index contributed by atoms with van der Waals surface area (Å²) in [7, 11) is -3.71. The molecular formula is C13H14BrN3O2S. The van der Waals surface area contributed by atoms with Crippen LogP contribution in [0, 0.1) is 13.8 Å². The molecule has 5 nitrogen and oxygen atoms in total. The van der Waals surface area contributed by atoms with Crippen molar-refractivity contribution in [3.8, 4) is 0 Å². The van der Waals surface area contributed by atoms with Gasteiger partial charge in [0, 0.05) is 11.9 Å². The summed E-state index contributed by atoms with van der Waals surface area (Å²) in [5, 5.41) is 0. The third-order valence-electron chi connectivity index (χ3n) is 2.74. The van der Waals surface area contributed by atoms with Gasteiger partial charge in [0.25, 0.3) is 10.0 Å². The number of aryl methyl sites for hydroxylation is 2. The highest BCUT2D eigenvalue weighted by Crippen LogP contribution is 2.27. The van der Waals surface area contributed by atoms with Crippen LogP contribution >= 0.6 is 15.9 Å². The predicted octanol–water partition coefficient (Wildman–Crippen LogP) is 2.84. The highest BCUT2D eigenvalue weighted by Gasteiger charge is 2.21. The Balaban J connectivity index is 2.50. The highest BCUT2D eigenvalue weighted by atomic mass is 79.9. The summed E-state index contributed by atoms with van der Waals surface area (Å²) in [6.07, 6.45) is 1.52. The van der Waals surface area contributed by atoms with Crippen LogP contribution in [0.3, 0.4) is 0 Å². The second-order valence-corrected chi connectivity index (χ2v) is 6.90. The van der Waals surface area contributed by atoms with E-state index in [1.54, 1.807) is 38.1 Å². The van der Waals surface area contributed by atoms with E-state index in [0.717, 1.165) is 0 Å². The number of nitrogens with one attached hydrogen (secondary N) is 1. The lowest BCUT2D eigenvalue weighted by atomic mass is 10.1. The van der Waals surface area contributed by atoms with Crippen LogP contribution in [0.15, 0.2) is 39.8 Å². The zero-order valence-corrected chi connectivity index (χ0v) is 13.4. The molecule has 0 amide bonds. The summed E-state index contributed by atoms with van der Waals surface area (Å²) in [4.78, 5) is 4.23. The SMILES string of the molecule is Cc1cc(N)cc(C)c1S(=O)(=O)Nc1ncccc1Br. The molecule has 0 atom stereocenters. The molecule has 20 heavy (non-hydrogen) atoms. The Morgan fingerprint density at radius 3 is 2.40 bits per heavy atom. The first kappa shape index (κ1) is 14.8. The van der Waals surface area contributed by atoms with E-state index in [0.29, 0.717) is 21.3 Å². The normalized spacial score (nSPS) is 11.3. The molecule has 1 aromatic carbocycles. The van der Waals surface area contributed by atoms with E-state index in [9.17, 15) is 8.42 Å². The van der Waals surface area contributed by atoms with E-state index >= 15 is 0 Å². The molecule has 0 aliphatic heterocycles. The fraction of sp³-hybridized carbons (Fsp3) is 0.154. The van der Waals surface area contributed by atoms with Gasteiger partial charge in [0.1, 0.15) is 0 Å². The molecule has 0 radical (unpaired) electrons. The summed E-state index contributed by atoms with van der Waals surface area (Å²) in [6.45, 7) is 3.43. The molecule has 106 valence electrons. The number of aromatic nitrogens is 1. The van der Waals surface area contributed by atoms with Crippen molar-refractivity contribution < 1.29 is 8.42 Å². The van der Waals surface area contributed by atoms with E-state index < -0.39 is 10.0 Å². The van der Waals surface area contributed by atoms with Crippen LogP contribution in [-0.4, -0.2) is 13.4 Å². The number of nitrogens with two attached hydrogens (primary N) is 1. The number of benzene rings is 1. The number of rotatable bonds is 3. The van der Waals surface area contributed by atoms with Crippen LogP contribution in [0.1, 0.15) is 11.1 Å². The smallest absolute Gasteiger partial charge is 0.263 e. The standard InChI is InChI=1S/C13H14BrN3O2S/c1-8-6-10(15)7-9(2)12(8)20(18,19)17-13-11(14)4-3-5-16-13/h3-7H,15H2,1-2H3,(H,16,17). The molecule has 0 aliphatic rings. The zero-order chi connectivity index (χ0) is 14.9. The molecule has 7 heteroatoms. The number of halogens is 1. The minimum atomic E-state index is -3.71. The molecule has 0 aliphatic carbocycles. The zero-order valence-electron chi connectivity index (χ0n) is 11.0. The van der Waals surface area contributed by atoms with Crippen molar-refractivity contribution in [3.63, 3.8) is 0 Å².